The lowest BCUT2D eigenvalue weighted by molar-refractivity contribution is 0.0725. The van der Waals surface area contributed by atoms with Gasteiger partial charge in [-0.05, 0) is 24.3 Å². The summed E-state index contributed by atoms with van der Waals surface area (Å²) in [7, 11) is 3.07. The number of fused-ring (bicyclic) bond motifs is 1. The Hall–Kier alpha value is -3.35. The van der Waals surface area contributed by atoms with Crippen molar-refractivity contribution in [3.05, 3.63) is 65.2 Å². The summed E-state index contributed by atoms with van der Waals surface area (Å²) in [6, 6.07) is 11.3. The van der Waals surface area contributed by atoms with Gasteiger partial charge in [0, 0.05) is 30.2 Å². The van der Waals surface area contributed by atoms with Crippen molar-refractivity contribution in [1.29, 1.82) is 0 Å². The summed E-state index contributed by atoms with van der Waals surface area (Å²) in [4.78, 5) is 14.8. The third-order valence-electron chi connectivity index (χ3n) is 4.85. The van der Waals surface area contributed by atoms with E-state index in [0.29, 0.717) is 47.8 Å². The molecular weight excluding hydrogens is 363 g/mol. The predicted molar refractivity (Wildman–Crippen MR) is 99.9 cm³/mol. The normalized spacial score (nSPS) is 13.2. The van der Waals surface area contributed by atoms with Crippen LogP contribution in [0.2, 0.25) is 0 Å². The largest absolute Gasteiger partial charge is 0.497 e. The van der Waals surface area contributed by atoms with Crippen molar-refractivity contribution in [2.45, 2.75) is 13.0 Å². The van der Waals surface area contributed by atoms with E-state index in [1.807, 2.05) is 0 Å². The van der Waals surface area contributed by atoms with E-state index in [2.05, 4.69) is 5.16 Å². The van der Waals surface area contributed by atoms with Crippen molar-refractivity contribution in [3.63, 3.8) is 0 Å². The number of nitrogens with zero attached hydrogens (tertiary/aromatic N) is 2. The van der Waals surface area contributed by atoms with Gasteiger partial charge in [-0.2, -0.15) is 0 Å². The molecule has 0 N–H and O–H groups in total. The first kappa shape index (κ1) is 18.0. The van der Waals surface area contributed by atoms with Crippen LogP contribution in [0, 0.1) is 5.82 Å². The van der Waals surface area contributed by atoms with Crippen LogP contribution < -0.4 is 9.47 Å². The molecule has 0 radical (unpaired) electrons. The number of halogens is 1. The van der Waals surface area contributed by atoms with Gasteiger partial charge in [0.25, 0.3) is 5.91 Å². The van der Waals surface area contributed by atoms with Crippen molar-refractivity contribution in [2.24, 2.45) is 0 Å². The highest BCUT2D eigenvalue weighted by molar-refractivity contribution is 5.97. The molecule has 0 unspecified atom stereocenters. The molecule has 1 aliphatic heterocycles. The Bertz CT molecular complexity index is 1030. The van der Waals surface area contributed by atoms with Crippen LogP contribution in [0.4, 0.5) is 4.39 Å². The summed E-state index contributed by atoms with van der Waals surface area (Å²) >= 11 is 0. The number of hydrogen-bond acceptors (Lipinski definition) is 5. The second-order valence-corrected chi connectivity index (χ2v) is 6.49. The fraction of sp³-hybridized carbons (Fsp3) is 0.238. The Morgan fingerprint density at radius 1 is 1.18 bits per heavy atom. The molecule has 0 bridgehead atoms. The van der Waals surface area contributed by atoms with Crippen molar-refractivity contribution in [3.8, 4) is 22.8 Å². The molecule has 3 aromatic rings. The lowest BCUT2D eigenvalue weighted by atomic mass is 10.0. The number of carbonyl (C=O) groups is 1. The molecule has 4 rings (SSSR count). The highest BCUT2D eigenvalue weighted by Gasteiger charge is 2.29. The van der Waals surface area contributed by atoms with Gasteiger partial charge in [-0.1, -0.05) is 17.3 Å². The highest BCUT2D eigenvalue weighted by atomic mass is 19.1. The SMILES string of the molecule is COc1ccc(C(=O)N2CCc3onc(-c4cccc(F)c4)c3C2)c(OC)c1. The third-order valence-corrected chi connectivity index (χ3v) is 4.85. The zero-order chi connectivity index (χ0) is 19.7. The Kier molecular flexibility index (Phi) is 4.73. The predicted octanol–water partition coefficient (Wildman–Crippen LogP) is 3.70. The maximum atomic E-state index is 13.6. The number of hydrogen-bond donors (Lipinski definition) is 0. The quantitative estimate of drug-likeness (QED) is 0.689. The van der Waals surface area contributed by atoms with Gasteiger partial charge in [-0.25, -0.2) is 4.39 Å². The minimum absolute atomic E-state index is 0.156. The van der Waals surface area contributed by atoms with Gasteiger partial charge >= 0.3 is 0 Å². The van der Waals surface area contributed by atoms with Crippen LogP contribution in [0.1, 0.15) is 21.7 Å². The van der Waals surface area contributed by atoms with Crippen LogP contribution in [0.5, 0.6) is 11.5 Å². The molecule has 1 amide bonds. The fourth-order valence-electron chi connectivity index (χ4n) is 3.39. The summed E-state index contributed by atoms with van der Waals surface area (Å²) in [5, 5.41) is 4.11. The van der Waals surface area contributed by atoms with Crippen LogP contribution in [0.15, 0.2) is 47.0 Å². The molecule has 0 saturated heterocycles. The number of ether oxygens (including phenoxy) is 2. The Morgan fingerprint density at radius 2 is 2.04 bits per heavy atom. The van der Waals surface area contributed by atoms with Gasteiger partial charge < -0.3 is 18.9 Å². The van der Waals surface area contributed by atoms with Crippen LogP contribution in [0.3, 0.4) is 0 Å². The lowest BCUT2D eigenvalue weighted by Gasteiger charge is -2.27. The molecule has 6 nitrogen and oxygen atoms in total. The summed E-state index contributed by atoms with van der Waals surface area (Å²) in [5.41, 5.74) is 2.45. The fourth-order valence-corrected chi connectivity index (χ4v) is 3.39. The molecule has 1 aliphatic rings. The molecule has 1 aromatic heterocycles. The number of carbonyl (C=O) groups excluding carboxylic acids is 1. The van der Waals surface area contributed by atoms with Gasteiger partial charge in [-0.15, -0.1) is 0 Å². The molecule has 2 heterocycles. The number of aromatic nitrogens is 1. The summed E-state index contributed by atoms with van der Waals surface area (Å²) in [6.45, 7) is 0.831. The molecule has 7 heteroatoms. The van der Waals surface area contributed by atoms with Crippen molar-refractivity contribution >= 4 is 5.91 Å². The smallest absolute Gasteiger partial charge is 0.257 e. The minimum Gasteiger partial charge on any atom is -0.497 e. The second kappa shape index (κ2) is 7.34. The summed E-state index contributed by atoms with van der Waals surface area (Å²) in [6.07, 6.45) is 0.544. The molecule has 28 heavy (non-hydrogen) atoms. The molecule has 0 spiro atoms. The van der Waals surface area contributed by atoms with Crippen molar-refractivity contribution in [2.75, 3.05) is 20.8 Å². The number of benzene rings is 2. The van der Waals surface area contributed by atoms with E-state index >= 15 is 0 Å². The molecule has 0 atom stereocenters. The summed E-state index contributed by atoms with van der Waals surface area (Å²) in [5.74, 6) is 1.29. The van der Waals surface area contributed by atoms with Crippen LogP contribution in [-0.2, 0) is 13.0 Å². The Morgan fingerprint density at radius 3 is 2.79 bits per heavy atom. The Labute approximate surface area is 161 Å². The summed E-state index contributed by atoms with van der Waals surface area (Å²) < 4.78 is 29.6. The average Bonchev–Trinajstić information content (AvgIpc) is 3.16. The van der Waals surface area contributed by atoms with E-state index in [0.717, 1.165) is 11.3 Å². The first-order chi connectivity index (χ1) is 13.6. The van der Waals surface area contributed by atoms with Gasteiger partial charge in [0.05, 0.1) is 26.3 Å². The Balaban J connectivity index is 1.64. The van der Waals surface area contributed by atoms with E-state index in [1.54, 1.807) is 42.3 Å². The number of methoxy groups -OCH3 is 2. The van der Waals surface area contributed by atoms with E-state index in [-0.39, 0.29) is 11.7 Å². The molecule has 0 aliphatic carbocycles. The van der Waals surface area contributed by atoms with Crippen molar-refractivity contribution in [1.82, 2.24) is 10.1 Å². The van der Waals surface area contributed by atoms with E-state index in [4.69, 9.17) is 14.0 Å². The van der Waals surface area contributed by atoms with E-state index < -0.39 is 0 Å². The lowest BCUT2D eigenvalue weighted by Crippen LogP contribution is -2.35. The average molecular weight is 382 g/mol. The monoisotopic (exact) mass is 382 g/mol. The van der Waals surface area contributed by atoms with Crippen LogP contribution >= 0.6 is 0 Å². The van der Waals surface area contributed by atoms with Crippen LogP contribution in [-0.4, -0.2) is 36.7 Å². The third kappa shape index (κ3) is 3.19. The minimum atomic E-state index is -0.346. The molecular formula is C21H19FN2O4. The standard InChI is InChI=1S/C21H19FN2O4/c1-26-15-6-7-16(19(11-15)27-2)21(25)24-9-8-18-17(12-24)20(23-28-18)13-4-3-5-14(22)10-13/h3-7,10-11H,8-9,12H2,1-2H3. The highest BCUT2D eigenvalue weighted by Crippen LogP contribution is 2.32. The zero-order valence-electron chi connectivity index (χ0n) is 15.6. The van der Waals surface area contributed by atoms with Gasteiger partial charge in [0.1, 0.15) is 28.8 Å². The second-order valence-electron chi connectivity index (χ2n) is 6.49. The van der Waals surface area contributed by atoms with Gasteiger partial charge in [0.2, 0.25) is 0 Å². The molecule has 0 saturated carbocycles. The molecule has 144 valence electrons. The van der Waals surface area contributed by atoms with E-state index in [1.165, 1.54) is 19.2 Å². The number of amides is 1. The number of rotatable bonds is 4. The van der Waals surface area contributed by atoms with Gasteiger partial charge in [-0.3, -0.25) is 4.79 Å². The van der Waals surface area contributed by atoms with Crippen molar-refractivity contribution < 1.29 is 23.2 Å². The first-order valence-corrected chi connectivity index (χ1v) is 8.85. The zero-order valence-corrected chi connectivity index (χ0v) is 15.6. The van der Waals surface area contributed by atoms with Crippen LogP contribution in [0.25, 0.3) is 11.3 Å². The van der Waals surface area contributed by atoms with E-state index in [9.17, 15) is 9.18 Å². The first-order valence-electron chi connectivity index (χ1n) is 8.85. The van der Waals surface area contributed by atoms with Gasteiger partial charge in [0.15, 0.2) is 0 Å². The maximum Gasteiger partial charge on any atom is 0.257 e. The molecule has 2 aromatic carbocycles. The topological polar surface area (TPSA) is 64.8 Å². The molecule has 0 fully saturated rings. The maximum absolute atomic E-state index is 13.6.